The lowest BCUT2D eigenvalue weighted by molar-refractivity contribution is -0.222. The highest BCUT2D eigenvalue weighted by atomic mass is 16.7. The van der Waals surface area contributed by atoms with E-state index in [0.29, 0.717) is 17.2 Å². The van der Waals surface area contributed by atoms with Crippen LogP contribution in [0.1, 0.15) is 13.8 Å². The Morgan fingerprint density at radius 1 is 1.04 bits per heavy atom. The molecule has 8 nitrogen and oxygen atoms in total. The van der Waals surface area contributed by atoms with E-state index in [4.69, 9.17) is 18.9 Å². The fraction of sp³-hybridized carbons (Fsp3) is 0.375. The fourth-order valence-electron chi connectivity index (χ4n) is 2.17. The van der Waals surface area contributed by atoms with Crippen molar-refractivity contribution >= 4 is 17.6 Å². The number of ether oxygens (including phenoxy) is 4. The highest BCUT2D eigenvalue weighted by Crippen LogP contribution is 2.31. The summed E-state index contributed by atoms with van der Waals surface area (Å²) in [4.78, 5) is 24.3. The second-order valence-corrected chi connectivity index (χ2v) is 5.37. The zero-order chi connectivity index (χ0) is 17.9. The van der Waals surface area contributed by atoms with Crippen LogP contribution in [0.3, 0.4) is 0 Å². The maximum atomic E-state index is 12.1. The highest BCUT2D eigenvalue weighted by molar-refractivity contribution is 6.16. The number of carbonyl (C=O) groups is 2. The van der Waals surface area contributed by atoms with Crippen LogP contribution in [-0.2, 0) is 19.1 Å². The summed E-state index contributed by atoms with van der Waals surface area (Å²) in [5, 5.41) is 5.71. The third-order valence-electron chi connectivity index (χ3n) is 3.24. The number of nitrogens with one attached hydrogen (secondary N) is 2. The van der Waals surface area contributed by atoms with Crippen molar-refractivity contribution in [1.29, 1.82) is 0 Å². The highest BCUT2D eigenvalue weighted by Gasteiger charge is 2.41. The van der Waals surface area contributed by atoms with Crippen molar-refractivity contribution in [3.63, 3.8) is 0 Å². The number of cyclic esters (lactones) is 2. The molecule has 1 heterocycles. The van der Waals surface area contributed by atoms with Crippen LogP contribution in [0.2, 0.25) is 0 Å². The molecular formula is C16H20N2O6. The van der Waals surface area contributed by atoms with Gasteiger partial charge in [0.2, 0.25) is 0 Å². The van der Waals surface area contributed by atoms with E-state index >= 15 is 0 Å². The minimum atomic E-state index is -1.29. The Morgan fingerprint density at radius 3 is 2.12 bits per heavy atom. The van der Waals surface area contributed by atoms with Crippen LogP contribution >= 0.6 is 0 Å². The number of hydrogen-bond donors (Lipinski definition) is 2. The molecular weight excluding hydrogens is 316 g/mol. The predicted octanol–water partition coefficient (Wildman–Crippen LogP) is 1.38. The van der Waals surface area contributed by atoms with Gasteiger partial charge in [0.25, 0.3) is 5.79 Å². The number of methoxy groups -OCH3 is 2. The van der Waals surface area contributed by atoms with Gasteiger partial charge in [0.15, 0.2) is 17.1 Å². The average molecular weight is 336 g/mol. The van der Waals surface area contributed by atoms with Gasteiger partial charge in [-0.3, -0.25) is 0 Å². The van der Waals surface area contributed by atoms with E-state index in [0.717, 1.165) is 0 Å². The summed E-state index contributed by atoms with van der Waals surface area (Å²) >= 11 is 0. The molecule has 0 radical (unpaired) electrons. The molecule has 0 unspecified atom stereocenters. The van der Waals surface area contributed by atoms with Crippen LogP contribution in [0, 0.1) is 0 Å². The second kappa shape index (κ2) is 6.69. The lowest BCUT2D eigenvalue weighted by Gasteiger charge is -2.30. The van der Waals surface area contributed by atoms with Gasteiger partial charge in [0, 0.05) is 32.6 Å². The Labute approximate surface area is 139 Å². The SMILES string of the molecule is CNC(Nc1ccc(OC)c(OC)c1)=C1C(=O)OC(C)(C)OC1=O. The Balaban J connectivity index is 2.35. The molecule has 0 amide bonds. The van der Waals surface area contributed by atoms with E-state index in [-0.39, 0.29) is 11.4 Å². The summed E-state index contributed by atoms with van der Waals surface area (Å²) in [6.45, 7) is 2.97. The van der Waals surface area contributed by atoms with Gasteiger partial charge in [-0.15, -0.1) is 0 Å². The lowest BCUT2D eigenvalue weighted by atomic mass is 10.2. The quantitative estimate of drug-likeness (QED) is 0.473. The summed E-state index contributed by atoms with van der Waals surface area (Å²) in [5.41, 5.74) is 0.335. The molecule has 1 aromatic carbocycles. The average Bonchev–Trinajstić information content (AvgIpc) is 2.51. The Kier molecular flexibility index (Phi) is 4.87. The first-order valence-electron chi connectivity index (χ1n) is 7.19. The van der Waals surface area contributed by atoms with Gasteiger partial charge in [-0.2, -0.15) is 0 Å². The van der Waals surface area contributed by atoms with E-state index in [9.17, 15) is 9.59 Å². The summed E-state index contributed by atoms with van der Waals surface area (Å²) in [5.74, 6) is -1.62. The molecule has 0 spiro atoms. The van der Waals surface area contributed by atoms with Crippen molar-refractivity contribution in [2.45, 2.75) is 19.6 Å². The van der Waals surface area contributed by atoms with E-state index in [2.05, 4.69) is 10.6 Å². The first-order valence-corrected chi connectivity index (χ1v) is 7.19. The smallest absolute Gasteiger partial charge is 0.352 e. The Morgan fingerprint density at radius 2 is 1.62 bits per heavy atom. The third kappa shape index (κ3) is 3.53. The molecule has 1 aliphatic rings. The van der Waals surface area contributed by atoms with Crippen LogP contribution in [0.15, 0.2) is 29.6 Å². The molecule has 8 heteroatoms. The summed E-state index contributed by atoms with van der Waals surface area (Å²) in [7, 11) is 4.61. The molecule has 2 N–H and O–H groups in total. The van der Waals surface area contributed by atoms with Crippen LogP contribution in [0.25, 0.3) is 0 Å². The zero-order valence-electron chi connectivity index (χ0n) is 14.2. The molecule has 1 saturated heterocycles. The maximum Gasteiger partial charge on any atom is 0.352 e. The van der Waals surface area contributed by atoms with Crippen molar-refractivity contribution in [2.24, 2.45) is 0 Å². The van der Waals surface area contributed by atoms with Crippen molar-refractivity contribution in [2.75, 3.05) is 26.6 Å². The van der Waals surface area contributed by atoms with Crippen molar-refractivity contribution in [1.82, 2.24) is 5.32 Å². The van der Waals surface area contributed by atoms with Crippen LogP contribution in [0.4, 0.5) is 5.69 Å². The zero-order valence-corrected chi connectivity index (χ0v) is 14.2. The minimum Gasteiger partial charge on any atom is -0.493 e. The number of rotatable bonds is 5. The fourth-order valence-corrected chi connectivity index (χ4v) is 2.17. The number of benzene rings is 1. The van der Waals surface area contributed by atoms with Crippen molar-refractivity contribution in [3.8, 4) is 11.5 Å². The predicted molar refractivity (Wildman–Crippen MR) is 85.5 cm³/mol. The molecule has 1 aromatic rings. The van der Waals surface area contributed by atoms with Gasteiger partial charge in [-0.25, -0.2) is 9.59 Å². The van der Waals surface area contributed by atoms with E-state index in [1.807, 2.05) is 0 Å². The summed E-state index contributed by atoms with van der Waals surface area (Å²) in [6.07, 6.45) is 0. The first kappa shape index (κ1) is 17.5. The number of esters is 2. The van der Waals surface area contributed by atoms with Crippen molar-refractivity contribution in [3.05, 3.63) is 29.6 Å². The van der Waals surface area contributed by atoms with E-state index < -0.39 is 17.7 Å². The normalized spacial score (nSPS) is 16.0. The molecule has 0 saturated carbocycles. The van der Waals surface area contributed by atoms with E-state index in [1.54, 1.807) is 25.2 Å². The topological polar surface area (TPSA) is 95.1 Å². The number of hydrogen-bond acceptors (Lipinski definition) is 8. The van der Waals surface area contributed by atoms with Gasteiger partial charge in [0.1, 0.15) is 5.82 Å². The van der Waals surface area contributed by atoms with Gasteiger partial charge in [-0.1, -0.05) is 0 Å². The van der Waals surface area contributed by atoms with Gasteiger partial charge in [-0.05, 0) is 12.1 Å². The maximum absolute atomic E-state index is 12.1. The second-order valence-electron chi connectivity index (χ2n) is 5.37. The van der Waals surface area contributed by atoms with Crippen LogP contribution < -0.4 is 20.1 Å². The molecule has 130 valence electrons. The van der Waals surface area contributed by atoms with Crippen LogP contribution in [-0.4, -0.2) is 39.0 Å². The molecule has 0 aliphatic carbocycles. The Bertz CT molecular complexity index is 674. The number of anilines is 1. The molecule has 24 heavy (non-hydrogen) atoms. The van der Waals surface area contributed by atoms with Crippen molar-refractivity contribution < 1.29 is 28.5 Å². The summed E-state index contributed by atoms with van der Waals surface area (Å²) in [6, 6.07) is 5.07. The van der Waals surface area contributed by atoms with Gasteiger partial charge < -0.3 is 29.6 Å². The van der Waals surface area contributed by atoms with Gasteiger partial charge in [0.05, 0.1) is 14.2 Å². The largest absolute Gasteiger partial charge is 0.493 e. The molecule has 0 bridgehead atoms. The molecule has 0 atom stereocenters. The first-order chi connectivity index (χ1) is 11.3. The molecule has 1 fully saturated rings. The summed E-state index contributed by atoms with van der Waals surface area (Å²) < 4.78 is 20.6. The molecule has 2 rings (SSSR count). The van der Waals surface area contributed by atoms with Crippen LogP contribution in [0.5, 0.6) is 11.5 Å². The third-order valence-corrected chi connectivity index (χ3v) is 3.24. The minimum absolute atomic E-state index is 0.160. The molecule has 1 aliphatic heterocycles. The lowest BCUT2D eigenvalue weighted by Crippen LogP contribution is -2.43. The number of carbonyl (C=O) groups excluding carboxylic acids is 2. The van der Waals surface area contributed by atoms with E-state index in [1.165, 1.54) is 28.1 Å². The Hall–Kier alpha value is -2.90. The molecule has 0 aromatic heterocycles. The monoisotopic (exact) mass is 336 g/mol. The standard InChI is InChI=1S/C16H20N2O6/c1-16(2)23-14(19)12(15(20)24-16)13(17-3)18-9-6-7-10(21-4)11(8-9)22-5/h6-8,17-18H,1-5H3. The van der Waals surface area contributed by atoms with Gasteiger partial charge >= 0.3 is 11.9 Å².